The van der Waals surface area contributed by atoms with E-state index in [-0.39, 0.29) is 6.10 Å². The lowest BCUT2D eigenvalue weighted by atomic mass is 9.84. The van der Waals surface area contributed by atoms with Crippen LogP contribution < -0.4 is 20.7 Å². The molecule has 5 rings (SSSR count). The summed E-state index contributed by atoms with van der Waals surface area (Å²) in [6, 6.07) is 13.8. The summed E-state index contributed by atoms with van der Waals surface area (Å²) in [5.74, 6) is 1.24. The van der Waals surface area contributed by atoms with Crippen molar-refractivity contribution in [3.63, 3.8) is 0 Å². The van der Waals surface area contributed by atoms with Gasteiger partial charge in [0.25, 0.3) is 0 Å². The first-order valence-electron chi connectivity index (χ1n) is 12.5. The highest BCUT2D eigenvalue weighted by atomic mass is 16.7. The minimum Gasteiger partial charge on any atom is -0.496 e. The molecule has 8 nitrogen and oxygen atoms in total. The minimum atomic E-state index is -0.653. The molecule has 4 aromatic rings. The third-order valence-electron chi connectivity index (χ3n) is 7.27. The van der Waals surface area contributed by atoms with Gasteiger partial charge in [-0.15, -0.1) is 0 Å². The molecule has 200 valence electrons. The van der Waals surface area contributed by atoms with E-state index in [0.717, 1.165) is 21.9 Å². The van der Waals surface area contributed by atoms with Crippen LogP contribution >= 0.6 is 0 Å². The topological polar surface area (TPSA) is 97.3 Å². The van der Waals surface area contributed by atoms with Crippen molar-refractivity contribution in [1.82, 2.24) is 0 Å². The van der Waals surface area contributed by atoms with Crippen molar-refractivity contribution in [3.8, 4) is 11.5 Å². The molecule has 3 heterocycles. The van der Waals surface area contributed by atoms with E-state index in [1.807, 2.05) is 52.0 Å². The Morgan fingerprint density at radius 1 is 0.789 bits per heavy atom. The summed E-state index contributed by atoms with van der Waals surface area (Å²) in [6.07, 6.45) is -0.0464. The molecule has 38 heavy (non-hydrogen) atoms. The quantitative estimate of drug-likeness (QED) is 0.305. The van der Waals surface area contributed by atoms with E-state index in [0.29, 0.717) is 35.5 Å². The standard InChI is InChI=1S/C30H32O8/c1-29(2,16-20-22(34-6)12-8-18-10-14-25(32)37-27(18)20)28-35-23(30(3,4)38-28)15-19-21(33-5)11-7-17-9-13-24(31)36-26(17)19/h7-14,23,28H,15-16H2,1-6H3/t23-,28-/m0/s1. The van der Waals surface area contributed by atoms with Crippen molar-refractivity contribution in [2.45, 2.75) is 58.5 Å². The Morgan fingerprint density at radius 2 is 1.29 bits per heavy atom. The predicted molar refractivity (Wildman–Crippen MR) is 143 cm³/mol. The third-order valence-corrected chi connectivity index (χ3v) is 7.27. The maximum absolute atomic E-state index is 12.0. The van der Waals surface area contributed by atoms with Crippen LogP contribution in [0.15, 0.2) is 67.0 Å². The molecule has 0 saturated carbocycles. The Balaban J connectivity index is 1.48. The first-order valence-corrected chi connectivity index (χ1v) is 12.5. The molecule has 1 fully saturated rings. The van der Waals surface area contributed by atoms with Crippen LogP contribution in [-0.2, 0) is 22.3 Å². The van der Waals surface area contributed by atoms with Gasteiger partial charge in [0.2, 0.25) is 0 Å². The Kier molecular flexibility index (Phi) is 6.57. The maximum Gasteiger partial charge on any atom is 0.336 e. The number of hydrogen-bond donors (Lipinski definition) is 0. The number of hydrogen-bond acceptors (Lipinski definition) is 8. The molecular formula is C30H32O8. The third kappa shape index (κ3) is 4.70. The predicted octanol–water partition coefficient (Wildman–Crippen LogP) is 5.25. The Hall–Kier alpha value is -3.62. The van der Waals surface area contributed by atoms with E-state index < -0.39 is 28.6 Å². The molecule has 2 atom stereocenters. The number of benzene rings is 2. The molecule has 2 aromatic carbocycles. The van der Waals surface area contributed by atoms with Gasteiger partial charge in [-0.05, 0) is 56.7 Å². The summed E-state index contributed by atoms with van der Waals surface area (Å²) in [7, 11) is 3.18. The fourth-order valence-electron chi connectivity index (χ4n) is 5.14. The molecule has 1 aliphatic heterocycles. The smallest absolute Gasteiger partial charge is 0.336 e. The Bertz CT molecular complexity index is 1610. The van der Waals surface area contributed by atoms with E-state index in [4.69, 9.17) is 27.8 Å². The van der Waals surface area contributed by atoms with Crippen LogP contribution in [0, 0.1) is 5.41 Å². The first kappa shape index (κ1) is 26.0. The van der Waals surface area contributed by atoms with Gasteiger partial charge in [0.15, 0.2) is 6.29 Å². The van der Waals surface area contributed by atoms with Gasteiger partial charge in [0, 0.05) is 45.9 Å². The lowest BCUT2D eigenvalue weighted by Crippen LogP contribution is -2.35. The average Bonchev–Trinajstić information content (AvgIpc) is 3.19. The van der Waals surface area contributed by atoms with Gasteiger partial charge in [-0.3, -0.25) is 0 Å². The largest absolute Gasteiger partial charge is 0.496 e. The monoisotopic (exact) mass is 520 g/mol. The second-order valence-electron chi connectivity index (χ2n) is 10.9. The summed E-state index contributed by atoms with van der Waals surface area (Å²) < 4.78 is 35.5. The minimum absolute atomic E-state index is 0.357. The molecule has 8 heteroatoms. The van der Waals surface area contributed by atoms with Gasteiger partial charge >= 0.3 is 11.3 Å². The number of fused-ring (bicyclic) bond motifs is 2. The van der Waals surface area contributed by atoms with E-state index in [2.05, 4.69) is 0 Å². The fraction of sp³-hybridized carbons (Fsp3) is 0.400. The number of rotatable bonds is 7. The van der Waals surface area contributed by atoms with Crippen molar-refractivity contribution in [2.75, 3.05) is 14.2 Å². The van der Waals surface area contributed by atoms with Gasteiger partial charge < -0.3 is 27.8 Å². The zero-order valence-electron chi connectivity index (χ0n) is 22.5. The maximum atomic E-state index is 12.0. The van der Waals surface area contributed by atoms with Gasteiger partial charge in [-0.2, -0.15) is 0 Å². The van der Waals surface area contributed by atoms with Gasteiger partial charge in [-0.25, -0.2) is 9.59 Å². The molecule has 2 aromatic heterocycles. The second kappa shape index (κ2) is 9.60. The highest BCUT2D eigenvalue weighted by Crippen LogP contribution is 2.44. The molecule has 0 amide bonds. The van der Waals surface area contributed by atoms with Crippen LogP contribution in [0.5, 0.6) is 11.5 Å². The summed E-state index contributed by atoms with van der Waals surface area (Å²) in [4.78, 5) is 24.1. The molecule has 0 bridgehead atoms. The van der Waals surface area contributed by atoms with Crippen molar-refractivity contribution in [1.29, 1.82) is 0 Å². The average molecular weight is 521 g/mol. The van der Waals surface area contributed by atoms with Crippen molar-refractivity contribution in [2.24, 2.45) is 5.41 Å². The normalized spacial score (nSPS) is 19.2. The van der Waals surface area contributed by atoms with E-state index in [1.54, 1.807) is 26.4 Å². The zero-order valence-corrected chi connectivity index (χ0v) is 22.5. The Morgan fingerprint density at radius 3 is 1.84 bits per heavy atom. The summed E-state index contributed by atoms with van der Waals surface area (Å²) >= 11 is 0. The van der Waals surface area contributed by atoms with Crippen LogP contribution in [0.25, 0.3) is 21.9 Å². The van der Waals surface area contributed by atoms with E-state index in [9.17, 15) is 9.59 Å². The van der Waals surface area contributed by atoms with E-state index in [1.165, 1.54) is 12.1 Å². The molecule has 0 unspecified atom stereocenters. The van der Waals surface area contributed by atoms with E-state index >= 15 is 0 Å². The van der Waals surface area contributed by atoms with Gasteiger partial charge in [0.05, 0.1) is 25.9 Å². The second-order valence-corrected chi connectivity index (χ2v) is 10.9. The van der Waals surface area contributed by atoms with Crippen LogP contribution in [0.3, 0.4) is 0 Å². The number of ether oxygens (including phenoxy) is 4. The molecule has 1 aliphatic rings. The van der Waals surface area contributed by atoms with Crippen LogP contribution in [0.2, 0.25) is 0 Å². The lowest BCUT2D eigenvalue weighted by Gasteiger charge is -2.31. The van der Waals surface area contributed by atoms with Gasteiger partial charge in [-0.1, -0.05) is 13.8 Å². The van der Waals surface area contributed by atoms with Crippen molar-refractivity contribution < 1.29 is 27.8 Å². The first-order chi connectivity index (χ1) is 18.0. The molecule has 0 N–H and O–H groups in total. The molecular weight excluding hydrogens is 488 g/mol. The summed E-state index contributed by atoms with van der Waals surface area (Å²) in [6.45, 7) is 8.07. The van der Waals surface area contributed by atoms with Crippen molar-refractivity contribution in [3.05, 3.63) is 80.5 Å². The molecule has 0 aliphatic carbocycles. The van der Waals surface area contributed by atoms with Gasteiger partial charge in [0.1, 0.15) is 22.7 Å². The fourth-order valence-corrected chi connectivity index (χ4v) is 5.14. The lowest BCUT2D eigenvalue weighted by molar-refractivity contribution is -0.147. The molecule has 0 radical (unpaired) electrons. The van der Waals surface area contributed by atoms with Crippen LogP contribution in [0.4, 0.5) is 0 Å². The van der Waals surface area contributed by atoms with Crippen LogP contribution in [-0.4, -0.2) is 32.2 Å². The summed E-state index contributed by atoms with van der Waals surface area (Å²) in [5.41, 5.74) is 0.471. The van der Waals surface area contributed by atoms with Crippen LogP contribution in [0.1, 0.15) is 38.8 Å². The highest BCUT2D eigenvalue weighted by molar-refractivity contribution is 5.83. The highest BCUT2D eigenvalue weighted by Gasteiger charge is 2.49. The summed E-state index contributed by atoms with van der Waals surface area (Å²) in [5, 5.41) is 1.62. The molecule has 1 saturated heterocycles. The van der Waals surface area contributed by atoms with Crippen molar-refractivity contribution >= 4 is 21.9 Å². The SMILES string of the molecule is COc1ccc2ccc(=O)oc2c1C[C@@H]1O[C@H](C(C)(C)Cc2c(OC)ccc3ccc(=O)oc23)OC1(C)C. The number of methoxy groups -OCH3 is 2. The molecule has 0 spiro atoms. The Labute approximate surface area is 220 Å². The zero-order chi connectivity index (χ0) is 27.2.